The number of unbranched alkanes of at least 4 members (excludes halogenated alkanes) is 1. The second-order valence-corrected chi connectivity index (χ2v) is 9.16. The van der Waals surface area contributed by atoms with Crippen LogP contribution in [0.4, 0.5) is 10.8 Å². The van der Waals surface area contributed by atoms with E-state index in [1.54, 1.807) is 42.7 Å². The molecule has 1 N–H and O–H groups in total. The van der Waals surface area contributed by atoms with Crippen LogP contribution in [0.15, 0.2) is 42.5 Å². The molecule has 0 radical (unpaired) electrons. The maximum absolute atomic E-state index is 12.8. The van der Waals surface area contributed by atoms with Gasteiger partial charge in [0.15, 0.2) is 5.13 Å². The lowest BCUT2D eigenvalue weighted by molar-refractivity contribution is -0.120. The first-order chi connectivity index (χ1) is 16.1. The number of anilines is 2. The van der Waals surface area contributed by atoms with Crippen molar-refractivity contribution in [2.24, 2.45) is 5.92 Å². The molecule has 1 aliphatic heterocycles. The Labute approximate surface area is 197 Å². The summed E-state index contributed by atoms with van der Waals surface area (Å²) in [6, 6.07) is 12.8. The molecule has 0 bridgehead atoms. The fourth-order valence-corrected chi connectivity index (χ4v) is 4.86. The van der Waals surface area contributed by atoms with Gasteiger partial charge < -0.3 is 19.7 Å². The molecule has 2 aromatic carbocycles. The number of rotatable bonds is 8. The number of methoxy groups -OCH3 is 1. The molecule has 3 aromatic rings. The van der Waals surface area contributed by atoms with Crippen LogP contribution < -0.4 is 15.0 Å². The van der Waals surface area contributed by atoms with Crippen LogP contribution in [-0.2, 0) is 9.53 Å². The lowest BCUT2D eigenvalue weighted by Gasteiger charge is -2.31. The molecule has 2 heterocycles. The van der Waals surface area contributed by atoms with E-state index in [9.17, 15) is 9.59 Å². The number of carbonyl (C=O) groups excluding carboxylic acids is 2. The van der Waals surface area contributed by atoms with E-state index in [0.717, 1.165) is 59.9 Å². The minimum Gasteiger partial charge on any atom is -0.497 e. The van der Waals surface area contributed by atoms with Crippen LogP contribution in [0, 0.1) is 5.92 Å². The Morgan fingerprint density at radius 2 is 1.91 bits per heavy atom. The van der Waals surface area contributed by atoms with Crippen molar-refractivity contribution in [1.82, 2.24) is 4.98 Å². The number of aromatic nitrogens is 1. The molecule has 0 aliphatic carbocycles. The number of ether oxygens (including phenoxy) is 2. The molecule has 8 heteroatoms. The largest absolute Gasteiger partial charge is 0.497 e. The summed E-state index contributed by atoms with van der Waals surface area (Å²) in [4.78, 5) is 31.8. The van der Waals surface area contributed by atoms with Crippen molar-refractivity contribution in [3.63, 3.8) is 0 Å². The molecule has 7 nitrogen and oxygen atoms in total. The quantitative estimate of drug-likeness (QED) is 0.366. The SMILES string of the molecule is CCCCOC(=O)c1ccc(NC(=O)C2CCN(c3nc4ccc(OC)cc4s3)CC2)cc1. The molecule has 1 aliphatic rings. The predicted octanol–water partition coefficient (Wildman–Crippen LogP) is 5.12. The summed E-state index contributed by atoms with van der Waals surface area (Å²) in [7, 11) is 1.66. The zero-order valence-electron chi connectivity index (χ0n) is 19.0. The van der Waals surface area contributed by atoms with Crippen LogP contribution in [0.2, 0.25) is 0 Å². The number of carbonyl (C=O) groups is 2. The Bertz CT molecular complexity index is 1100. The Kier molecular flexibility index (Phi) is 7.44. The standard InChI is InChI=1S/C25H29N3O4S/c1-3-4-15-32-24(30)18-5-7-19(8-6-18)26-23(29)17-11-13-28(14-12-17)25-27-21-10-9-20(31-2)16-22(21)33-25/h5-10,16-17H,3-4,11-15H2,1-2H3,(H,26,29). The van der Waals surface area contributed by atoms with E-state index in [2.05, 4.69) is 10.2 Å². The smallest absolute Gasteiger partial charge is 0.338 e. The van der Waals surface area contributed by atoms with Crippen LogP contribution >= 0.6 is 11.3 Å². The van der Waals surface area contributed by atoms with Crippen molar-refractivity contribution >= 4 is 44.2 Å². The van der Waals surface area contributed by atoms with Gasteiger partial charge in [-0.2, -0.15) is 0 Å². The van der Waals surface area contributed by atoms with Crippen molar-refractivity contribution in [2.75, 3.05) is 37.0 Å². The van der Waals surface area contributed by atoms with Crippen LogP contribution in [0.25, 0.3) is 10.2 Å². The molecule has 1 saturated heterocycles. The third-order valence-electron chi connectivity index (χ3n) is 5.84. The van der Waals surface area contributed by atoms with Gasteiger partial charge in [0.25, 0.3) is 0 Å². The monoisotopic (exact) mass is 467 g/mol. The van der Waals surface area contributed by atoms with E-state index in [4.69, 9.17) is 14.5 Å². The second kappa shape index (κ2) is 10.7. The number of piperidine rings is 1. The van der Waals surface area contributed by atoms with Crippen molar-refractivity contribution in [3.8, 4) is 5.75 Å². The van der Waals surface area contributed by atoms with E-state index in [1.807, 2.05) is 25.1 Å². The van der Waals surface area contributed by atoms with Crippen molar-refractivity contribution in [2.45, 2.75) is 32.6 Å². The molecule has 0 unspecified atom stereocenters. The van der Waals surface area contributed by atoms with Crippen molar-refractivity contribution in [3.05, 3.63) is 48.0 Å². The number of thiazole rings is 1. The average Bonchev–Trinajstić information content (AvgIpc) is 3.28. The highest BCUT2D eigenvalue weighted by molar-refractivity contribution is 7.22. The zero-order valence-corrected chi connectivity index (χ0v) is 19.8. The fourth-order valence-electron chi connectivity index (χ4n) is 3.81. The van der Waals surface area contributed by atoms with Gasteiger partial charge in [0.2, 0.25) is 5.91 Å². The van der Waals surface area contributed by atoms with Gasteiger partial charge in [-0.25, -0.2) is 9.78 Å². The van der Waals surface area contributed by atoms with Gasteiger partial charge in [-0.15, -0.1) is 0 Å². The molecule has 0 atom stereocenters. The van der Waals surface area contributed by atoms with Gasteiger partial charge in [0.1, 0.15) is 5.75 Å². The molecule has 4 rings (SSSR count). The summed E-state index contributed by atoms with van der Waals surface area (Å²) in [5.41, 5.74) is 2.15. The van der Waals surface area contributed by atoms with Crippen LogP contribution in [0.3, 0.4) is 0 Å². The molecule has 1 fully saturated rings. The Balaban J connectivity index is 1.29. The van der Waals surface area contributed by atoms with E-state index >= 15 is 0 Å². The number of hydrogen-bond donors (Lipinski definition) is 1. The van der Waals surface area contributed by atoms with Crippen LogP contribution in [-0.4, -0.2) is 43.7 Å². The minimum atomic E-state index is -0.331. The topological polar surface area (TPSA) is 80.8 Å². The maximum atomic E-state index is 12.8. The van der Waals surface area contributed by atoms with Crippen LogP contribution in [0.5, 0.6) is 5.75 Å². The number of nitrogens with one attached hydrogen (secondary N) is 1. The van der Waals surface area contributed by atoms with Gasteiger partial charge in [-0.05, 0) is 61.7 Å². The lowest BCUT2D eigenvalue weighted by atomic mass is 9.96. The third-order valence-corrected chi connectivity index (χ3v) is 6.92. The predicted molar refractivity (Wildman–Crippen MR) is 131 cm³/mol. The van der Waals surface area contributed by atoms with Gasteiger partial charge in [-0.1, -0.05) is 24.7 Å². The molecule has 174 valence electrons. The molecular weight excluding hydrogens is 438 g/mol. The van der Waals surface area contributed by atoms with E-state index in [0.29, 0.717) is 17.9 Å². The van der Waals surface area contributed by atoms with Gasteiger partial charge >= 0.3 is 5.97 Å². The number of esters is 1. The minimum absolute atomic E-state index is 0.0157. The first-order valence-corrected chi connectivity index (χ1v) is 12.2. The third kappa shape index (κ3) is 5.63. The summed E-state index contributed by atoms with van der Waals surface area (Å²) in [5.74, 6) is 0.466. The van der Waals surface area contributed by atoms with Crippen molar-refractivity contribution in [1.29, 1.82) is 0 Å². The maximum Gasteiger partial charge on any atom is 0.338 e. The van der Waals surface area contributed by atoms with E-state index in [-0.39, 0.29) is 17.8 Å². The van der Waals surface area contributed by atoms with Crippen LogP contribution in [0.1, 0.15) is 43.0 Å². The first kappa shape index (κ1) is 23.0. The Morgan fingerprint density at radius 3 is 2.61 bits per heavy atom. The van der Waals surface area contributed by atoms with Gasteiger partial charge in [0.05, 0.1) is 29.5 Å². The fraction of sp³-hybridized carbons (Fsp3) is 0.400. The number of fused-ring (bicyclic) bond motifs is 1. The molecule has 1 amide bonds. The number of amides is 1. The molecule has 1 aromatic heterocycles. The first-order valence-electron chi connectivity index (χ1n) is 11.3. The number of nitrogens with zero attached hydrogens (tertiary/aromatic N) is 2. The molecule has 33 heavy (non-hydrogen) atoms. The number of benzene rings is 2. The van der Waals surface area contributed by atoms with Crippen molar-refractivity contribution < 1.29 is 19.1 Å². The highest BCUT2D eigenvalue weighted by Gasteiger charge is 2.26. The van der Waals surface area contributed by atoms with Gasteiger partial charge in [-0.3, -0.25) is 4.79 Å². The average molecular weight is 468 g/mol. The van der Waals surface area contributed by atoms with E-state index in [1.165, 1.54) is 0 Å². The Morgan fingerprint density at radius 1 is 1.15 bits per heavy atom. The van der Waals surface area contributed by atoms with Gasteiger partial charge in [0, 0.05) is 24.7 Å². The number of hydrogen-bond acceptors (Lipinski definition) is 7. The normalized spacial score (nSPS) is 14.3. The highest BCUT2D eigenvalue weighted by atomic mass is 32.1. The zero-order chi connectivity index (χ0) is 23.2. The molecule has 0 spiro atoms. The summed E-state index contributed by atoms with van der Waals surface area (Å²) in [6.07, 6.45) is 3.37. The summed E-state index contributed by atoms with van der Waals surface area (Å²) >= 11 is 1.65. The summed E-state index contributed by atoms with van der Waals surface area (Å²) < 4.78 is 11.6. The summed E-state index contributed by atoms with van der Waals surface area (Å²) in [6.45, 7) is 4.06. The lowest BCUT2D eigenvalue weighted by Crippen LogP contribution is -2.38. The molecule has 0 saturated carbocycles. The highest BCUT2D eigenvalue weighted by Crippen LogP contribution is 2.33. The Hall–Kier alpha value is -3.13. The van der Waals surface area contributed by atoms with E-state index < -0.39 is 0 Å². The second-order valence-electron chi connectivity index (χ2n) is 8.15. The summed E-state index contributed by atoms with van der Waals surface area (Å²) in [5, 5.41) is 3.97. The molecular formula is C25H29N3O4S.